The maximum atomic E-state index is 12.0. The summed E-state index contributed by atoms with van der Waals surface area (Å²) in [5, 5.41) is 11.4. The first-order chi connectivity index (χ1) is 17.1. The van der Waals surface area contributed by atoms with E-state index in [1.165, 1.54) is 6.08 Å². The van der Waals surface area contributed by atoms with Gasteiger partial charge in [-0.2, -0.15) is 0 Å². The Morgan fingerprint density at radius 3 is 2.36 bits per heavy atom. The smallest absolute Gasteiger partial charge is 0.331 e. The van der Waals surface area contributed by atoms with Gasteiger partial charge in [-0.25, -0.2) is 4.79 Å². The lowest BCUT2D eigenvalue weighted by Gasteiger charge is -2.17. The molecule has 0 saturated carbocycles. The van der Waals surface area contributed by atoms with E-state index in [1.807, 2.05) is 87.5 Å². The van der Waals surface area contributed by atoms with Gasteiger partial charge in [-0.15, -0.1) is 11.3 Å². The molecule has 36 heavy (non-hydrogen) atoms. The predicted molar refractivity (Wildman–Crippen MR) is 146 cm³/mol. The molecular weight excluding hydrogens is 472 g/mol. The Hall–Kier alpha value is -3.61. The van der Waals surface area contributed by atoms with Gasteiger partial charge in [0.2, 0.25) is 0 Å². The van der Waals surface area contributed by atoms with Crippen LogP contribution in [0.15, 0.2) is 72.8 Å². The molecule has 0 saturated heterocycles. The zero-order valence-corrected chi connectivity index (χ0v) is 21.9. The third-order valence-corrected chi connectivity index (χ3v) is 6.59. The molecule has 6 heteroatoms. The molecular formula is C30H30O5S. The molecule has 0 spiro atoms. The fraction of sp³-hybridized carbons (Fsp3) is 0.233. The van der Waals surface area contributed by atoms with Gasteiger partial charge in [-0.3, -0.25) is 0 Å². The van der Waals surface area contributed by atoms with Gasteiger partial charge in [0, 0.05) is 21.7 Å². The molecule has 4 aromatic rings. The number of methoxy groups -OCH3 is 1. The number of aliphatic hydroxyl groups is 1. The summed E-state index contributed by atoms with van der Waals surface area (Å²) >= 11 is 1.60. The molecule has 1 heterocycles. The van der Waals surface area contributed by atoms with Crippen molar-refractivity contribution in [3.63, 3.8) is 0 Å². The zero-order valence-electron chi connectivity index (χ0n) is 21.1. The van der Waals surface area contributed by atoms with Crippen molar-refractivity contribution in [3.8, 4) is 27.7 Å². The normalized spacial score (nSPS) is 12.6. The van der Waals surface area contributed by atoms with Crippen LogP contribution in [-0.2, 0) is 9.53 Å². The number of carbonyl (C=O) groups is 1. The highest BCUT2D eigenvalue weighted by Gasteiger charge is 2.20. The van der Waals surface area contributed by atoms with Gasteiger partial charge in [0.05, 0.1) is 18.1 Å². The van der Waals surface area contributed by atoms with E-state index >= 15 is 0 Å². The van der Waals surface area contributed by atoms with Crippen molar-refractivity contribution in [1.82, 2.24) is 0 Å². The van der Waals surface area contributed by atoms with E-state index in [-0.39, 0.29) is 5.97 Å². The van der Waals surface area contributed by atoms with Gasteiger partial charge < -0.3 is 19.3 Å². The van der Waals surface area contributed by atoms with E-state index < -0.39 is 11.7 Å². The Bertz CT molecular complexity index is 1390. The van der Waals surface area contributed by atoms with Crippen molar-refractivity contribution in [2.45, 2.75) is 39.4 Å². The van der Waals surface area contributed by atoms with E-state index in [4.69, 9.17) is 14.2 Å². The van der Waals surface area contributed by atoms with E-state index in [1.54, 1.807) is 31.4 Å². The third kappa shape index (κ3) is 5.96. The van der Waals surface area contributed by atoms with Gasteiger partial charge >= 0.3 is 5.97 Å². The summed E-state index contributed by atoms with van der Waals surface area (Å²) < 4.78 is 18.2. The lowest BCUT2D eigenvalue weighted by molar-refractivity contribution is -0.148. The largest absolute Gasteiger partial charge is 0.497 e. The summed E-state index contributed by atoms with van der Waals surface area (Å²) in [6.45, 7) is 7.27. The van der Waals surface area contributed by atoms with Crippen LogP contribution in [0.3, 0.4) is 0 Å². The second-order valence-corrected chi connectivity index (χ2v) is 10.5. The lowest BCUT2D eigenvalue weighted by Crippen LogP contribution is -2.22. The van der Waals surface area contributed by atoms with E-state index in [9.17, 15) is 9.90 Å². The topological polar surface area (TPSA) is 65.0 Å². The van der Waals surface area contributed by atoms with Crippen LogP contribution in [0.2, 0.25) is 0 Å². The molecule has 0 aliphatic carbocycles. The Labute approximate surface area is 215 Å². The Balaban J connectivity index is 1.68. The minimum absolute atomic E-state index is 0.385. The molecule has 5 nitrogen and oxygen atoms in total. The van der Waals surface area contributed by atoms with E-state index in [0.29, 0.717) is 5.75 Å². The van der Waals surface area contributed by atoms with Gasteiger partial charge in [0.25, 0.3) is 0 Å². The van der Waals surface area contributed by atoms with Crippen molar-refractivity contribution in [2.24, 2.45) is 0 Å². The average Bonchev–Trinajstić information content (AvgIpc) is 3.19. The van der Waals surface area contributed by atoms with Crippen LogP contribution in [0, 0.1) is 0 Å². The molecule has 4 rings (SSSR count). The minimum Gasteiger partial charge on any atom is -0.497 e. The standard InChI is InChI=1S/C30H30O5S/c1-19(31)23-8-6-7-9-24(23)29-28(25-16-15-22(33-5)18-26(25)36-29)34-21-13-10-20(11-14-21)12-17-27(32)35-30(2,3)4/h6-19,31H,1-5H3/b17-12+/t19-/m0/s1. The molecule has 0 fully saturated rings. The summed E-state index contributed by atoms with van der Waals surface area (Å²) in [7, 11) is 1.65. The number of aliphatic hydroxyl groups excluding tert-OH is 1. The fourth-order valence-corrected chi connectivity index (χ4v) is 5.00. The van der Waals surface area contributed by atoms with Gasteiger partial charge in [0.15, 0.2) is 5.75 Å². The second-order valence-electron chi connectivity index (χ2n) is 9.42. The third-order valence-electron chi connectivity index (χ3n) is 5.43. The van der Waals surface area contributed by atoms with Gasteiger partial charge in [0.1, 0.15) is 17.1 Å². The highest BCUT2D eigenvalue weighted by molar-refractivity contribution is 7.22. The average molecular weight is 503 g/mol. The molecule has 1 aromatic heterocycles. The first-order valence-electron chi connectivity index (χ1n) is 11.7. The Kier molecular flexibility index (Phi) is 7.48. The van der Waals surface area contributed by atoms with Crippen molar-refractivity contribution in [1.29, 1.82) is 0 Å². The number of hydrogen-bond acceptors (Lipinski definition) is 6. The minimum atomic E-state index is -0.621. The monoisotopic (exact) mass is 502 g/mol. The molecule has 0 aliphatic heterocycles. The number of esters is 1. The van der Waals surface area contributed by atoms with E-state index in [0.717, 1.165) is 43.2 Å². The SMILES string of the molecule is COc1ccc2c(Oc3ccc(/C=C/C(=O)OC(C)(C)C)cc3)c(-c3ccccc3[C@H](C)O)sc2c1. The summed E-state index contributed by atoms with van der Waals surface area (Å²) in [6, 6.07) is 21.2. The van der Waals surface area contributed by atoms with Gasteiger partial charge in [-0.05, 0) is 75.2 Å². The van der Waals surface area contributed by atoms with Crippen molar-refractivity contribution < 1.29 is 24.1 Å². The number of hydrogen-bond donors (Lipinski definition) is 1. The first-order valence-corrected chi connectivity index (χ1v) is 12.5. The van der Waals surface area contributed by atoms with Crippen LogP contribution < -0.4 is 9.47 Å². The molecule has 1 N–H and O–H groups in total. The van der Waals surface area contributed by atoms with Crippen LogP contribution in [0.25, 0.3) is 26.6 Å². The number of thiophene rings is 1. The Morgan fingerprint density at radius 2 is 1.69 bits per heavy atom. The number of fused-ring (bicyclic) bond motifs is 1. The highest BCUT2D eigenvalue weighted by Crippen LogP contribution is 2.48. The lowest BCUT2D eigenvalue weighted by atomic mass is 10.0. The molecule has 1 atom stereocenters. The highest BCUT2D eigenvalue weighted by atomic mass is 32.1. The van der Waals surface area contributed by atoms with Crippen LogP contribution in [0.5, 0.6) is 17.2 Å². The number of carbonyl (C=O) groups excluding carboxylic acids is 1. The molecule has 0 amide bonds. The maximum Gasteiger partial charge on any atom is 0.331 e. The fourth-order valence-electron chi connectivity index (χ4n) is 3.79. The molecule has 0 bridgehead atoms. The quantitative estimate of drug-likeness (QED) is 0.206. The number of ether oxygens (including phenoxy) is 3. The number of rotatable bonds is 7. The summed E-state index contributed by atoms with van der Waals surface area (Å²) in [5.41, 5.74) is 2.09. The molecule has 0 radical (unpaired) electrons. The summed E-state index contributed by atoms with van der Waals surface area (Å²) in [4.78, 5) is 12.9. The molecule has 3 aromatic carbocycles. The predicted octanol–water partition coefficient (Wildman–Crippen LogP) is 7.78. The van der Waals surface area contributed by atoms with E-state index in [2.05, 4.69) is 0 Å². The molecule has 0 unspecified atom stereocenters. The number of benzene rings is 3. The maximum absolute atomic E-state index is 12.0. The van der Waals surface area contributed by atoms with Crippen molar-refractivity contribution >= 4 is 33.5 Å². The van der Waals surface area contributed by atoms with Crippen molar-refractivity contribution in [3.05, 3.63) is 83.9 Å². The molecule has 0 aliphatic rings. The second kappa shape index (κ2) is 10.6. The van der Waals surface area contributed by atoms with Crippen LogP contribution in [0.1, 0.15) is 44.9 Å². The molecule has 186 valence electrons. The summed E-state index contributed by atoms with van der Waals surface area (Å²) in [5.74, 6) is 1.77. The Morgan fingerprint density at radius 1 is 1.00 bits per heavy atom. The zero-order chi connectivity index (χ0) is 25.9. The van der Waals surface area contributed by atoms with Crippen LogP contribution in [0.4, 0.5) is 0 Å². The van der Waals surface area contributed by atoms with Crippen molar-refractivity contribution in [2.75, 3.05) is 7.11 Å². The van der Waals surface area contributed by atoms with Gasteiger partial charge in [-0.1, -0.05) is 36.4 Å². The first kappa shape index (κ1) is 25.5. The van der Waals surface area contributed by atoms with Crippen LogP contribution in [-0.4, -0.2) is 23.8 Å². The summed E-state index contributed by atoms with van der Waals surface area (Å²) in [6.07, 6.45) is 2.52. The van der Waals surface area contributed by atoms with Crippen LogP contribution >= 0.6 is 11.3 Å².